The van der Waals surface area contributed by atoms with Crippen LogP contribution in [-0.2, 0) is 0 Å². The molecule has 2 heterocycles. The Morgan fingerprint density at radius 1 is 1.37 bits per heavy atom. The molecule has 5 nitrogen and oxygen atoms in total. The summed E-state index contributed by atoms with van der Waals surface area (Å²) < 4.78 is 5.04. The van der Waals surface area contributed by atoms with Gasteiger partial charge in [0.2, 0.25) is 0 Å². The summed E-state index contributed by atoms with van der Waals surface area (Å²) in [5.74, 6) is 0.234. The molecule has 0 spiro atoms. The van der Waals surface area contributed by atoms with E-state index in [0.717, 1.165) is 18.6 Å². The molecule has 1 aliphatic rings. The van der Waals surface area contributed by atoms with Crippen LogP contribution in [0.1, 0.15) is 24.4 Å². The Balaban J connectivity index is 1.93. The van der Waals surface area contributed by atoms with Crippen LogP contribution in [-0.4, -0.2) is 25.1 Å². The summed E-state index contributed by atoms with van der Waals surface area (Å²) in [6.07, 6.45) is 2.34. The van der Waals surface area contributed by atoms with Gasteiger partial charge in [-0.05, 0) is 56.6 Å². The number of nitrogens with one attached hydrogen (secondary N) is 3. The highest BCUT2D eigenvalue weighted by atomic mass is 16.4. The van der Waals surface area contributed by atoms with Gasteiger partial charge in [0.05, 0.1) is 5.52 Å². The van der Waals surface area contributed by atoms with Gasteiger partial charge in [-0.15, -0.1) is 0 Å². The Morgan fingerprint density at radius 3 is 2.89 bits per heavy atom. The third-order valence-electron chi connectivity index (χ3n) is 3.97. The number of aromatic amines is 1. The standard InChI is InChI=1S/C14H19N3O2/c1-15-13(9-4-6-16-7-5-9)10-2-3-12-11(8-10)17-14(18)19-12/h2-3,8-9,13,15-16H,4-7H2,1H3,(H,17,18). The molecule has 2 aromatic rings. The van der Waals surface area contributed by atoms with Gasteiger partial charge in [-0.3, -0.25) is 4.98 Å². The number of hydrogen-bond donors (Lipinski definition) is 3. The van der Waals surface area contributed by atoms with Crippen LogP contribution >= 0.6 is 0 Å². The van der Waals surface area contributed by atoms with Crippen molar-refractivity contribution in [3.05, 3.63) is 34.3 Å². The summed E-state index contributed by atoms with van der Waals surface area (Å²) >= 11 is 0. The minimum absolute atomic E-state index is 0.324. The van der Waals surface area contributed by atoms with E-state index in [-0.39, 0.29) is 0 Å². The first-order valence-corrected chi connectivity index (χ1v) is 6.78. The van der Waals surface area contributed by atoms with Crippen molar-refractivity contribution in [3.63, 3.8) is 0 Å². The average molecular weight is 261 g/mol. The molecule has 1 atom stereocenters. The maximum absolute atomic E-state index is 11.2. The summed E-state index contributed by atoms with van der Waals surface area (Å²) in [6, 6.07) is 6.25. The predicted octanol–water partition coefficient (Wildman–Crippen LogP) is 1.38. The summed E-state index contributed by atoms with van der Waals surface area (Å²) in [5, 5.41) is 6.80. The molecule has 1 unspecified atom stereocenters. The summed E-state index contributed by atoms with van der Waals surface area (Å²) in [5.41, 5.74) is 2.60. The van der Waals surface area contributed by atoms with Crippen molar-refractivity contribution in [2.45, 2.75) is 18.9 Å². The van der Waals surface area contributed by atoms with E-state index in [1.807, 2.05) is 25.2 Å². The Kier molecular flexibility index (Phi) is 3.40. The molecule has 1 fully saturated rings. The molecule has 5 heteroatoms. The van der Waals surface area contributed by atoms with Crippen molar-refractivity contribution >= 4 is 11.1 Å². The lowest BCUT2D eigenvalue weighted by molar-refractivity contribution is 0.294. The van der Waals surface area contributed by atoms with Crippen LogP contribution in [0.5, 0.6) is 0 Å². The molecule has 1 aromatic carbocycles. The highest BCUT2D eigenvalue weighted by Crippen LogP contribution is 2.29. The van der Waals surface area contributed by atoms with Crippen molar-refractivity contribution in [2.75, 3.05) is 20.1 Å². The van der Waals surface area contributed by atoms with E-state index < -0.39 is 5.76 Å². The zero-order valence-electron chi connectivity index (χ0n) is 11.0. The fourth-order valence-corrected chi connectivity index (χ4v) is 3.02. The van der Waals surface area contributed by atoms with Crippen LogP contribution in [0.4, 0.5) is 0 Å². The van der Waals surface area contributed by atoms with Crippen molar-refractivity contribution < 1.29 is 4.42 Å². The lowest BCUT2D eigenvalue weighted by Crippen LogP contribution is -2.35. The molecule has 19 heavy (non-hydrogen) atoms. The van der Waals surface area contributed by atoms with Gasteiger partial charge in [-0.1, -0.05) is 6.07 Å². The van der Waals surface area contributed by atoms with Gasteiger partial charge in [-0.2, -0.15) is 0 Å². The fraction of sp³-hybridized carbons (Fsp3) is 0.500. The number of oxazole rings is 1. The zero-order valence-corrected chi connectivity index (χ0v) is 11.0. The predicted molar refractivity (Wildman–Crippen MR) is 74.2 cm³/mol. The minimum atomic E-state index is -0.393. The molecule has 1 saturated heterocycles. The van der Waals surface area contributed by atoms with Gasteiger partial charge in [0.1, 0.15) is 0 Å². The highest BCUT2D eigenvalue weighted by Gasteiger charge is 2.24. The third kappa shape index (κ3) is 2.43. The number of aromatic nitrogens is 1. The Bertz CT molecular complexity index is 610. The number of hydrogen-bond acceptors (Lipinski definition) is 4. The average Bonchev–Trinajstić information content (AvgIpc) is 2.80. The molecule has 1 aromatic heterocycles. The van der Waals surface area contributed by atoms with Crippen LogP contribution in [0.15, 0.2) is 27.4 Å². The van der Waals surface area contributed by atoms with Gasteiger partial charge in [0.15, 0.2) is 5.58 Å². The Hall–Kier alpha value is -1.59. The molecule has 3 rings (SSSR count). The highest BCUT2D eigenvalue weighted by molar-refractivity contribution is 5.72. The number of benzene rings is 1. The van der Waals surface area contributed by atoms with E-state index in [1.165, 1.54) is 18.4 Å². The van der Waals surface area contributed by atoms with Gasteiger partial charge in [-0.25, -0.2) is 4.79 Å². The lowest BCUT2D eigenvalue weighted by Gasteiger charge is -2.30. The molecule has 0 amide bonds. The molecule has 0 radical (unpaired) electrons. The van der Waals surface area contributed by atoms with Gasteiger partial charge in [0.25, 0.3) is 0 Å². The van der Waals surface area contributed by atoms with Crippen LogP contribution < -0.4 is 16.4 Å². The normalized spacial score (nSPS) is 18.8. The molecular formula is C14H19N3O2. The first-order valence-electron chi connectivity index (χ1n) is 6.78. The van der Waals surface area contributed by atoms with Crippen molar-refractivity contribution in [3.8, 4) is 0 Å². The molecule has 3 N–H and O–H groups in total. The molecular weight excluding hydrogens is 242 g/mol. The smallest absolute Gasteiger partial charge is 0.408 e. The van der Waals surface area contributed by atoms with E-state index in [2.05, 4.69) is 15.6 Å². The quantitative estimate of drug-likeness (QED) is 0.780. The second-order valence-corrected chi connectivity index (χ2v) is 5.12. The second kappa shape index (κ2) is 5.19. The van der Waals surface area contributed by atoms with Gasteiger partial charge in [0, 0.05) is 6.04 Å². The number of rotatable bonds is 3. The topological polar surface area (TPSA) is 70.1 Å². The maximum atomic E-state index is 11.2. The fourth-order valence-electron chi connectivity index (χ4n) is 3.02. The summed E-state index contributed by atoms with van der Waals surface area (Å²) in [6.45, 7) is 2.15. The van der Waals surface area contributed by atoms with Crippen LogP contribution in [0.3, 0.4) is 0 Å². The van der Waals surface area contributed by atoms with E-state index >= 15 is 0 Å². The first-order chi connectivity index (χ1) is 9.28. The van der Waals surface area contributed by atoms with E-state index in [9.17, 15) is 4.79 Å². The Labute approximate surface area is 111 Å². The molecule has 1 aliphatic heterocycles. The minimum Gasteiger partial charge on any atom is -0.408 e. The Morgan fingerprint density at radius 2 is 2.16 bits per heavy atom. The number of fused-ring (bicyclic) bond motifs is 1. The van der Waals surface area contributed by atoms with Crippen LogP contribution in [0.2, 0.25) is 0 Å². The van der Waals surface area contributed by atoms with Gasteiger partial charge >= 0.3 is 5.76 Å². The lowest BCUT2D eigenvalue weighted by atomic mass is 9.86. The molecule has 0 bridgehead atoms. The molecule has 0 aliphatic carbocycles. The molecule has 102 valence electrons. The van der Waals surface area contributed by atoms with E-state index in [1.54, 1.807) is 0 Å². The maximum Gasteiger partial charge on any atom is 0.417 e. The summed E-state index contributed by atoms with van der Waals surface area (Å²) in [4.78, 5) is 13.9. The van der Waals surface area contributed by atoms with Crippen molar-refractivity contribution in [1.82, 2.24) is 15.6 Å². The SMILES string of the molecule is CNC(c1ccc2oc(=O)[nH]c2c1)C1CCNCC1. The number of H-pyrrole nitrogens is 1. The van der Waals surface area contributed by atoms with Crippen molar-refractivity contribution in [1.29, 1.82) is 0 Å². The molecule has 0 saturated carbocycles. The van der Waals surface area contributed by atoms with E-state index in [0.29, 0.717) is 17.5 Å². The van der Waals surface area contributed by atoms with Gasteiger partial charge < -0.3 is 15.1 Å². The van der Waals surface area contributed by atoms with Crippen molar-refractivity contribution in [2.24, 2.45) is 5.92 Å². The zero-order chi connectivity index (χ0) is 13.2. The largest absolute Gasteiger partial charge is 0.417 e. The van der Waals surface area contributed by atoms with Crippen LogP contribution in [0, 0.1) is 5.92 Å². The third-order valence-corrected chi connectivity index (χ3v) is 3.97. The second-order valence-electron chi connectivity index (χ2n) is 5.12. The first kappa shape index (κ1) is 12.4. The monoisotopic (exact) mass is 261 g/mol. The van der Waals surface area contributed by atoms with Crippen LogP contribution in [0.25, 0.3) is 11.1 Å². The summed E-state index contributed by atoms with van der Waals surface area (Å²) in [7, 11) is 2.00. The number of piperidine rings is 1. The van der Waals surface area contributed by atoms with E-state index in [4.69, 9.17) is 4.42 Å².